The predicted octanol–water partition coefficient (Wildman–Crippen LogP) is 5.08. The van der Waals surface area contributed by atoms with Crippen molar-refractivity contribution in [2.24, 2.45) is 0 Å². The first kappa shape index (κ1) is 22.6. The molecule has 1 amide bonds. The molecule has 0 unspecified atom stereocenters. The standard InChI is InChI=1S/C23H19N3O5S2/c1-2-30-22(29)19-17(14-6-4-3-5-7-14)12-32-21(19)24-18(28)13-33-23-26-25-20(31-23)15-8-10-16(27)11-9-15/h3-12,27H,2,13H2,1H3,(H,24,28). The van der Waals surface area contributed by atoms with Gasteiger partial charge in [0.05, 0.1) is 12.4 Å². The lowest BCUT2D eigenvalue weighted by Gasteiger charge is -2.08. The van der Waals surface area contributed by atoms with Gasteiger partial charge in [0, 0.05) is 16.5 Å². The van der Waals surface area contributed by atoms with E-state index in [9.17, 15) is 14.7 Å². The van der Waals surface area contributed by atoms with Gasteiger partial charge in [-0.3, -0.25) is 4.79 Å². The molecular weight excluding hydrogens is 462 g/mol. The lowest BCUT2D eigenvalue weighted by Crippen LogP contribution is -2.16. The summed E-state index contributed by atoms with van der Waals surface area (Å²) in [5, 5.41) is 22.6. The Labute approximate surface area is 197 Å². The third-order valence-corrected chi connectivity index (χ3v) is 6.17. The van der Waals surface area contributed by atoms with Crippen molar-refractivity contribution in [3.63, 3.8) is 0 Å². The zero-order chi connectivity index (χ0) is 23.2. The van der Waals surface area contributed by atoms with Gasteiger partial charge >= 0.3 is 5.97 Å². The molecule has 2 aromatic heterocycles. The number of hydrogen-bond donors (Lipinski definition) is 2. The van der Waals surface area contributed by atoms with E-state index in [0.717, 1.165) is 17.3 Å². The van der Waals surface area contributed by atoms with E-state index in [4.69, 9.17) is 9.15 Å². The Morgan fingerprint density at radius 3 is 2.58 bits per heavy atom. The van der Waals surface area contributed by atoms with Gasteiger partial charge in [-0.05, 0) is 36.8 Å². The number of thioether (sulfide) groups is 1. The number of thiophene rings is 1. The van der Waals surface area contributed by atoms with Crippen LogP contribution in [-0.2, 0) is 9.53 Å². The van der Waals surface area contributed by atoms with Crippen molar-refractivity contribution in [3.05, 3.63) is 65.5 Å². The number of ether oxygens (including phenoxy) is 1. The highest BCUT2D eigenvalue weighted by atomic mass is 32.2. The molecule has 33 heavy (non-hydrogen) atoms. The number of anilines is 1. The minimum atomic E-state index is -0.490. The minimum absolute atomic E-state index is 0.0120. The van der Waals surface area contributed by atoms with Crippen molar-refractivity contribution in [2.75, 3.05) is 17.7 Å². The van der Waals surface area contributed by atoms with Crippen LogP contribution in [-0.4, -0.2) is 39.5 Å². The van der Waals surface area contributed by atoms with Crippen LogP contribution in [0, 0.1) is 0 Å². The summed E-state index contributed by atoms with van der Waals surface area (Å²) in [7, 11) is 0. The Morgan fingerprint density at radius 2 is 1.85 bits per heavy atom. The van der Waals surface area contributed by atoms with Crippen LogP contribution in [0.4, 0.5) is 5.00 Å². The fourth-order valence-corrected chi connectivity index (χ4v) is 4.50. The molecular formula is C23H19N3O5S2. The van der Waals surface area contributed by atoms with Crippen LogP contribution in [0.25, 0.3) is 22.6 Å². The zero-order valence-electron chi connectivity index (χ0n) is 17.5. The lowest BCUT2D eigenvalue weighted by molar-refractivity contribution is -0.113. The van der Waals surface area contributed by atoms with Gasteiger partial charge in [0.25, 0.3) is 5.22 Å². The molecule has 8 nitrogen and oxygen atoms in total. The van der Waals surface area contributed by atoms with Gasteiger partial charge in [0.2, 0.25) is 11.8 Å². The van der Waals surface area contributed by atoms with Crippen LogP contribution in [0.2, 0.25) is 0 Å². The van der Waals surface area contributed by atoms with Crippen LogP contribution >= 0.6 is 23.1 Å². The van der Waals surface area contributed by atoms with E-state index in [0.29, 0.717) is 21.7 Å². The molecule has 0 saturated heterocycles. The van der Waals surface area contributed by atoms with Gasteiger partial charge in [-0.1, -0.05) is 42.1 Å². The number of carbonyl (C=O) groups is 2. The summed E-state index contributed by atoms with van der Waals surface area (Å²) in [6.07, 6.45) is 0. The summed E-state index contributed by atoms with van der Waals surface area (Å²) in [6, 6.07) is 15.8. The molecule has 0 radical (unpaired) electrons. The molecule has 168 valence electrons. The van der Waals surface area contributed by atoms with Gasteiger partial charge in [0.1, 0.15) is 16.3 Å². The topological polar surface area (TPSA) is 115 Å². The second-order valence-corrected chi connectivity index (χ2v) is 8.50. The SMILES string of the molecule is CCOC(=O)c1c(-c2ccccc2)csc1NC(=O)CSc1nnc(-c2ccc(O)cc2)o1. The number of hydrogen-bond acceptors (Lipinski definition) is 9. The first-order valence-electron chi connectivity index (χ1n) is 9.94. The molecule has 0 fully saturated rings. The highest BCUT2D eigenvalue weighted by Gasteiger charge is 2.23. The molecule has 2 aromatic carbocycles. The van der Waals surface area contributed by atoms with Crippen LogP contribution in [0.1, 0.15) is 17.3 Å². The summed E-state index contributed by atoms with van der Waals surface area (Å²) < 4.78 is 10.8. The fourth-order valence-electron chi connectivity index (χ4n) is 2.96. The maximum absolute atomic E-state index is 12.6. The van der Waals surface area contributed by atoms with Crippen molar-refractivity contribution >= 4 is 40.0 Å². The van der Waals surface area contributed by atoms with Crippen molar-refractivity contribution in [1.29, 1.82) is 0 Å². The number of aromatic hydroxyl groups is 1. The number of rotatable bonds is 8. The number of carbonyl (C=O) groups excluding carboxylic acids is 2. The average molecular weight is 482 g/mol. The molecule has 10 heteroatoms. The van der Waals surface area contributed by atoms with E-state index in [2.05, 4.69) is 15.5 Å². The molecule has 2 N–H and O–H groups in total. The fraction of sp³-hybridized carbons (Fsp3) is 0.130. The third kappa shape index (κ3) is 5.41. The Morgan fingerprint density at radius 1 is 1.09 bits per heavy atom. The van der Waals surface area contributed by atoms with Crippen LogP contribution < -0.4 is 5.32 Å². The van der Waals surface area contributed by atoms with E-state index in [1.54, 1.807) is 19.1 Å². The number of benzene rings is 2. The number of nitrogens with one attached hydrogen (secondary N) is 1. The lowest BCUT2D eigenvalue weighted by atomic mass is 10.0. The maximum Gasteiger partial charge on any atom is 0.341 e. The number of esters is 1. The summed E-state index contributed by atoms with van der Waals surface area (Å²) in [6.45, 7) is 1.96. The Bertz CT molecular complexity index is 1250. The summed E-state index contributed by atoms with van der Waals surface area (Å²) in [4.78, 5) is 25.2. The predicted molar refractivity (Wildman–Crippen MR) is 126 cm³/mol. The van der Waals surface area contributed by atoms with Crippen LogP contribution in [0.5, 0.6) is 5.75 Å². The quantitative estimate of drug-likeness (QED) is 0.265. The van der Waals surface area contributed by atoms with Crippen molar-refractivity contribution in [3.8, 4) is 28.3 Å². The van der Waals surface area contributed by atoms with Gasteiger partial charge in [-0.15, -0.1) is 21.5 Å². The Kier molecular flexibility index (Phi) is 7.06. The highest BCUT2D eigenvalue weighted by molar-refractivity contribution is 7.99. The first-order chi connectivity index (χ1) is 16.0. The Hall–Kier alpha value is -3.63. The first-order valence-corrected chi connectivity index (χ1v) is 11.8. The molecule has 0 aliphatic rings. The maximum atomic E-state index is 12.6. The van der Waals surface area contributed by atoms with Crippen molar-refractivity contribution < 1.29 is 23.8 Å². The highest BCUT2D eigenvalue weighted by Crippen LogP contribution is 2.36. The van der Waals surface area contributed by atoms with Crippen molar-refractivity contribution in [1.82, 2.24) is 10.2 Å². The molecule has 0 aliphatic heterocycles. The van der Waals surface area contributed by atoms with E-state index in [1.807, 2.05) is 35.7 Å². The van der Waals surface area contributed by atoms with Crippen LogP contribution in [0.15, 0.2) is 69.6 Å². The molecule has 4 aromatic rings. The number of amides is 1. The number of phenolic OH excluding ortho intramolecular Hbond substituents is 1. The van der Waals surface area contributed by atoms with E-state index in [1.165, 1.54) is 23.5 Å². The van der Waals surface area contributed by atoms with Crippen molar-refractivity contribution in [2.45, 2.75) is 12.1 Å². The summed E-state index contributed by atoms with van der Waals surface area (Å²) >= 11 is 2.34. The molecule has 0 atom stereocenters. The monoisotopic (exact) mass is 481 g/mol. The normalized spacial score (nSPS) is 10.7. The van der Waals surface area contributed by atoms with E-state index in [-0.39, 0.29) is 35.1 Å². The molecule has 2 heterocycles. The van der Waals surface area contributed by atoms with Gasteiger partial charge in [-0.2, -0.15) is 0 Å². The minimum Gasteiger partial charge on any atom is -0.508 e. The van der Waals surface area contributed by atoms with E-state index >= 15 is 0 Å². The number of phenols is 1. The summed E-state index contributed by atoms with van der Waals surface area (Å²) in [5.41, 5.74) is 2.55. The van der Waals surface area contributed by atoms with Crippen LogP contribution in [0.3, 0.4) is 0 Å². The molecule has 0 spiro atoms. The van der Waals surface area contributed by atoms with Gasteiger partial charge < -0.3 is 19.6 Å². The van der Waals surface area contributed by atoms with Gasteiger partial charge in [-0.25, -0.2) is 4.79 Å². The van der Waals surface area contributed by atoms with Gasteiger partial charge in [0.15, 0.2) is 0 Å². The summed E-state index contributed by atoms with van der Waals surface area (Å²) in [5.74, 6) is -0.380. The molecule has 4 rings (SSSR count). The van der Waals surface area contributed by atoms with E-state index < -0.39 is 5.97 Å². The molecule has 0 bridgehead atoms. The largest absolute Gasteiger partial charge is 0.508 e. The molecule has 0 aliphatic carbocycles. The molecule has 0 saturated carbocycles. The second kappa shape index (κ2) is 10.3. The average Bonchev–Trinajstić information content (AvgIpc) is 3.46. The third-order valence-electron chi connectivity index (χ3n) is 4.46. The number of aromatic nitrogens is 2. The number of nitrogens with zero attached hydrogens (tertiary/aromatic N) is 2. The Balaban J connectivity index is 1.45. The zero-order valence-corrected chi connectivity index (χ0v) is 19.1. The second-order valence-electron chi connectivity index (χ2n) is 6.70. The smallest absolute Gasteiger partial charge is 0.341 e.